The van der Waals surface area contributed by atoms with Crippen LogP contribution in [0.4, 0.5) is 5.82 Å². The van der Waals surface area contributed by atoms with Crippen LogP contribution in [0, 0.1) is 0 Å². The Bertz CT molecular complexity index is 917. The minimum Gasteiger partial charge on any atom is -0.387 e. The fourth-order valence-electron chi connectivity index (χ4n) is 3.26. The van der Waals surface area contributed by atoms with Crippen LogP contribution in [0.15, 0.2) is 48.8 Å². The van der Waals surface area contributed by atoms with Crippen molar-refractivity contribution < 1.29 is 5.11 Å². The predicted octanol–water partition coefficient (Wildman–Crippen LogP) is 3.83. The SMILES string of the molecule is OC(CNc1nc(-c2ccncc2)nc2c1CCC2)c1ccccc1Cl. The van der Waals surface area contributed by atoms with Gasteiger partial charge < -0.3 is 10.4 Å². The topological polar surface area (TPSA) is 70.9 Å². The van der Waals surface area contributed by atoms with Crippen LogP contribution < -0.4 is 5.32 Å². The highest BCUT2D eigenvalue weighted by Crippen LogP contribution is 2.30. The molecule has 1 aliphatic carbocycles. The first-order chi connectivity index (χ1) is 12.7. The Balaban J connectivity index is 1.60. The predicted molar refractivity (Wildman–Crippen MR) is 102 cm³/mol. The Morgan fingerprint density at radius 1 is 1.08 bits per heavy atom. The number of rotatable bonds is 5. The number of nitrogens with one attached hydrogen (secondary N) is 1. The van der Waals surface area contributed by atoms with Crippen LogP contribution >= 0.6 is 11.6 Å². The molecule has 0 spiro atoms. The van der Waals surface area contributed by atoms with Crippen LogP contribution in [-0.4, -0.2) is 26.6 Å². The number of nitrogens with zero attached hydrogens (tertiary/aromatic N) is 3. The van der Waals surface area contributed by atoms with Crippen LogP contribution in [0.25, 0.3) is 11.4 Å². The molecule has 2 heterocycles. The molecule has 2 aromatic heterocycles. The molecule has 1 atom stereocenters. The van der Waals surface area contributed by atoms with Crippen molar-refractivity contribution in [2.75, 3.05) is 11.9 Å². The lowest BCUT2D eigenvalue weighted by Crippen LogP contribution is -2.15. The van der Waals surface area contributed by atoms with Gasteiger partial charge in [0.25, 0.3) is 0 Å². The minimum atomic E-state index is -0.708. The van der Waals surface area contributed by atoms with Crippen LogP contribution in [0.2, 0.25) is 5.02 Å². The van der Waals surface area contributed by atoms with Gasteiger partial charge in [0, 0.05) is 46.3 Å². The van der Waals surface area contributed by atoms with Crippen LogP contribution in [0.3, 0.4) is 0 Å². The number of benzene rings is 1. The molecule has 4 rings (SSSR count). The summed E-state index contributed by atoms with van der Waals surface area (Å²) in [5, 5.41) is 14.4. The fourth-order valence-corrected chi connectivity index (χ4v) is 3.52. The summed E-state index contributed by atoms with van der Waals surface area (Å²) in [5.41, 5.74) is 3.88. The number of hydrogen-bond acceptors (Lipinski definition) is 5. The van der Waals surface area contributed by atoms with E-state index in [-0.39, 0.29) is 0 Å². The number of aliphatic hydroxyl groups is 1. The number of aromatic nitrogens is 3. The smallest absolute Gasteiger partial charge is 0.161 e. The summed E-state index contributed by atoms with van der Waals surface area (Å²) < 4.78 is 0. The van der Waals surface area contributed by atoms with E-state index in [4.69, 9.17) is 21.6 Å². The maximum Gasteiger partial charge on any atom is 0.161 e. The molecule has 1 aromatic carbocycles. The molecular weight excluding hydrogens is 348 g/mol. The third-order valence-corrected chi connectivity index (χ3v) is 4.94. The van der Waals surface area contributed by atoms with Gasteiger partial charge in [0.05, 0.1) is 6.10 Å². The maximum absolute atomic E-state index is 10.5. The third-order valence-electron chi connectivity index (χ3n) is 4.60. The molecule has 0 saturated heterocycles. The molecule has 0 amide bonds. The van der Waals surface area contributed by atoms with Crippen molar-refractivity contribution in [2.45, 2.75) is 25.4 Å². The Hall–Kier alpha value is -2.50. The van der Waals surface area contributed by atoms with E-state index in [1.807, 2.05) is 30.3 Å². The van der Waals surface area contributed by atoms with E-state index >= 15 is 0 Å². The summed E-state index contributed by atoms with van der Waals surface area (Å²) in [7, 11) is 0. The van der Waals surface area contributed by atoms with Crippen molar-refractivity contribution in [3.63, 3.8) is 0 Å². The number of fused-ring (bicyclic) bond motifs is 1. The van der Waals surface area contributed by atoms with Crippen molar-refractivity contribution in [3.05, 3.63) is 70.6 Å². The Labute approximate surface area is 157 Å². The molecule has 3 aromatic rings. The summed E-state index contributed by atoms with van der Waals surface area (Å²) >= 11 is 6.18. The van der Waals surface area contributed by atoms with Gasteiger partial charge in [0.2, 0.25) is 0 Å². The zero-order chi connectivity index (χ0) is 17.9. The van der Waals surface area contributed by atoms with Gasteiger partial charge >= 0.3 is 0 Å². The van der Waals surface area contributed by atoms with Crippen LogP contribution in [-0.2, 0) is 12.8 Å². The van der Waals surface area contributed by atoms with Gasteiger partial charge in [0.15, 0.2) is 5.82 Å². The molecule has 5 nitrogen and oxygen atoms in total. The van der Waals surface area contributed by atoms with Crippen molar-refractivity contribution in [1.82, 2.24) is 15.0 Å². The largest absolute Gasteiger partial charge is 0.387 e. The molecule has 1 aliphatic rings. The van der Waals surface area contributed by atoms with E-state index in [1.165, 1.54) is 0 Å². The van der Waals surface area contributed by atoms with E-state index < -0.39 is 6.10 Å². The number of aryl methyl sites for hydroxylation is 1. The Kier molecular flexibility index (Phi) is 4.82. The molecule has 1 unspecified atom stereocenters. The zero-order valence-corrected chi connectivity index (χ0v) is 14.9. The van der Waals surface area contributed by atoms with Crippen molar-refractivity contribution in [3.8, 4) is 11.4 Å². The zero-order valence-electron chi connectivity index (χ0n) is 14.2. The molecular formula is C20H19ClN4O. The molecule has 2 N–H and O–H groups in total. The normalized spacial score (nSPS) is 14.1. The highest BCUT2D eigenvalue weighted by molar-refractivity contribution is 6.31. The van der Waals surface area contributed by atoms with Gasteiger partial charge in [-0.3, -0.25) is 4.98 Å². The van der Waals surface area contributed by atoms with Gasteiger partial charge in [-0.1, -0.05) is 29.8 Å². The average Bonchev–Trinajstić information content (AvgIpc) is 3.15. The van der Waals surface area contributed by atoms with E-state index in [0.29, 0.717) is 23.0 Å². The molecule has 0 radical (unpaired) electrons. The lowest BCUT2D eigenvalue weighted by molar-refractivity contribution is 0.191. The standard InChI is InChI=1S/C20H19ClN4O/c21-16-6-2-1-4-14(16)18(26)12-23-20-15-5-3-7-17(15)24-19(25-20)13-8-10-22-11-9-13/h1-2,4,6,8-11,18,26H,3,5,7,12H2,(H,23,24,25). The summed E-state index contributed by atoms with van der Waals surface area (Å²) in [4.78, 5) is 13.5. The number of pyridine rings is 1. The molecule has 0 bridgehead atoms. The summed E-state index contributed by atoms with van der Waals surface area (Å²) in [6, 6.07) is 11.1. The molecule has 0 aliphatic heterocycles. The Morgan fingerprint density at radius 3 is 2.69 bits per heavy atom. The molecule has 132 valence electrons. The highest BCUT2D eigenvalue weighted by Gasteiger charge is 2.21. The van der Waals surface area contributed by atoms with E-state index in [2.05, 4.69) is 10.3 Å². The van der Waals surface area contributed by atoms with Gasteiger partial charge in [-0.05, 0) is 37.5 Å². The second kappa shape index (κ2) is 7.40. The van der Waals surface area contributed by atoms with Crippen LogP contribution in [0.1, 0.15) is 29.3 Å². The van der Waals surface area contributed by atoms with E-state index in [9.17, 15) is 5.11 Å². The monoisotopic (exact) mass is 366 g/mol. The van der Waals surface area contributed by atoms with Crippen molar-refractivity contribution >= 4 is 17.4 Å². The molecule has 26 heavy (non-hydrogen) atoms. The van der Waals surface area contributed by atoms with Crippen molar-refractivity contribution in [1.29, 1.82) is 0 Å². The highest BCUT2D eigenvalue weighted by atomic mass is 35.5. The first-order valence-electron chi connectivity index (χ1n) is 8.69. The van der Waals surface area contributed by atoms with E-state index in [0.717, 1.165) is 41.9 Å². The van der Waals surface area contributed by atoms with Crippen LogP contribution in [0.5, 0.6) is 0 Å². The third kappa shape index (κ3) is 3.41. The minimum absolute atomic E-state index is 0.336. The first-order valence-corrected chi connectivity index (χ1v) is 9.06. The summed E-state index contributed by atoms with van der Waals surface area (Å²) in [6.07, 6.45) is 5.75. The molecule has 0 saturated carbocycles. The number of hydrogen-bond donors (Lipinski definition) is 2. The quantitative estimate of drug-likeness (QED) is 0.718. The second-order valence-electron chi connectivity index (χ2n) is 6.33. The fraction of sp³-hybridized carbons (Fsp3) is 0.250. The lowest BCUT2D eigenvalue weighted by Gasteiger charge is -2.16. The lowest BCUT2D eigenvalue weighted by atomic mass is 10.1. The van der Waals surface area contributed by atoms with Gasteiger partial charge in [-0.25, -0.2) is 9.97 Å². The second-order valence-corrected chi connectivity index (χ2v) is 6.74. The number of anilines is 1. The van der Waals surface area contributed by atoms with Gasteiger partial charge in [-0.2, -0.15) is 0 Å². The van der Waals surface area contributed by atoms with Gasteiger partial charge in [-0.15, -0.1) is 0 Å². The Morgan fingerprint density at radius 2 is 1.88 bits per heavy atom. The van der Waals surface area contributed by atoms with Gasteiger partial charge in [0.1, 0.15) is 5.82 Å². The number of aliphatic hydroxyl groups excluding tert-OH is 1. The first kappa shape index (κ1) is 16.9. The summed E-state index contributed by atoms with van der Waals surface area (Å²) in [5.74, 6) is 1.48. The number of halogens is 1. The molecule has 0 fully saturated rings. The maximum atomic E-state index is 10.5. The molecule has 6 heteroatoms. The van der Waals surface area contributed by atoms with Crippen molar-refractivity contribution in [2.24, 2.45) is 0 Å². The van der Waals surface area contributed by atoms with E-state index in [1.54, 1.807) is 18.5 Å². The average molecular weight is 367 g/mol. The summed E-state index contributed by atoms with van der Waals surface area (Å²) in [6.45, 7) is 0.336.